The number of hydrogen-bond donors (Lipinski definition) is 3. The van der Waals surface area contributed by atoms with E-state index < -0.39 is 23.2 Å². The Morgan fingerprint density at radius 3 is 2.75 bits per heavy atom. The van der Waals surface area contributed by atoms with E-state index in [2.05, 4.69) is 7.05 Å². The van der Waals surface area contributed by atoms with E-state index in [-0.39, 0.29) is 48.0 Å². The molecule has 1 aromatic carbocycles. The molecule has 2 saturated carbocycles. The molecule has 1 unspecified atom stereocenters. The van der Waals surface area contributed by atoms with E-state index in [0.29, 0.717) is 34.6 Å². The fourth-order valence-electron chi connectivity index (χ4n) is 7.05. The van der Waals surface area contributed by atoms with Crippen molar-refractivity contribution in [2.75, 3.05) is 20.1 Å². The number of nitrogens with zero attached hydrogens (tertiary/aromatic N) is 1. The zero-order chi connectivity index (χ0) is 18.8. The van der Waals surface area contributed by atoms with Crippen LogP contribution in [-0.2, 0) is 10.2 Å². The average molecular weight is 499 g/mol. The van der Waals surface area contributed by atoms with Crippen molar-refractivity contribution in [2.45, 2.75) is 61.4 Å². The Morgan fingerprint density at radius 1 is 1.29 bits per heavy atom. The van der Waals surface area contributed by atoms with Gasteiger partial charge in [-0.25, -0.2) is 0 Å². The number of ether oxygens (including phenoxy) is 1. The molecular formula is C21H26INO5. The number of likely N-dealkylation sites (N-methyl/N-ethyl adjacent to an activating group) is 1. The molecule has 2 bridgehead atoms. The molecule has 6 atom stereocenters. The van der Waals surface area contributed by atoms with E-state index in [0.717, 1.165) is 18.7 Å². The molecule has 28 heavy (non-hydrogen) atoms. The van der Waals surface area contributed by atoms with E-state index in [9.17, 15) is 20.1 Å². The van der Waals surface area contributed by atoms with Crippen LogP contribution in [0, 0.1) is 5.92 Å². The largest absolute Gasteiger partial charge is 1.00 e. The predicted molar refractivity (Wildman–Crippen MR) is 95.4 cm³/mol. The summed E-state index contributed by atoms with van der Waals surface area (Å²) >= 11 is 0. The highest BCUT2D eigenvalue weighted by atomic mass is 127. The number of benzene rings is 1. The third-order valence-electron chi connectivity index (χ3n) is 8.28. The normalized spacial score (nSPS) is 45.1. The number of carbonyl (C=O) groups is 1. The van der Waals surface area contributed by atoms with Crippen molar-refractivity contribution in [1.29, 1.82) is 0 Å². The summed E-state index contributed by atoms with van der Waals surface area (Å²) in [6, 6.07) is 2.92. The van der Waals surface area contributed by atoms with Crippen molar-refractivity contribution in [3.05, 3.63) is 23.3 Å². The van der Waals surface area contributed by atoms with Crippen molar-refractivity contribution in [1.82, 2.24) is 0 Å². The fourth-order valence-corrected chi connectivity index (χ4v) is 7.05. The minimum atomic E-state index is -1.21. The van der Waals surface area contributed by atoms with Gasteiger partial charge >= 0.3 is 0 Å². The lowest BCUT2D eigenvalue weighted by Gasteiger charge is -2.65. The van der Waals surface area contributed by atoms with Crippen LogP contribution in [0.1, 0.15) is 49.3 Å². The number of rotatable bonds is 2. The molecular weight excluding hydrogens is 473 g/mol. The van der Waals surface area contributed by atoms with Gasteiger partial charge in [0.05, 0.1) is 25.6 Å². The zero-order valence-corrected chi connectivity index (χ0v) is 18.1. The van der Waals surface area contributed by atoms with Crippen LogP contribution >= 0.6 is 0 Å². The standard InChI is InChI=1S/C21H25NO5.HI/c1-22(10-11-2-3-11)9-8-20-15-12-4-5-13(23)17(15)27-19(20)14(24)6-7-21(20,26)18(22)16(12)25;/h4-5,11,16,18-19,25-26H,2-3,6-10H2,1H3;1H/t16-,18+,19-,20-,21+,22?;/m0./s1. The van der Waals surface area contributed by atoms with E-state index in [1.165, 1.54) is 12.8 Å². The number of likely N-dealkylation sites (tertiary alicyclic amines) is 1. The maximum absolute atomic E-state index is 12.8. The van der Waals surface area contributed by atoms with Crippen LogP contribution < -0.4 is 28.7 Å². The SMILES string of the molecule is C[N+]1(CC2CC2)CC[C@]23c4c5ccc(O)c4O[C@H]2C(=O)CC[C@@]3(O)[C@H]1[C@H]5O.[I-]. The zero-order valence-electron chi connectivity index (χ0n) is 15.9. The topological polar surface area (TPSA) is 87.0 Å². The van der Waals surface area contributed by atoms with Crippen LogP contribution in [0.4, 0.5) is 0 Å². The molecule has 7 heteroatoms. The Balaban J connectivity index is 0.00000171. The smallest absolute Gasteiger partial charge is 0.174 e. The van der Waals surface area contributed by atoms with Gasteiger partial charge in [0.15, 0.2) is 23.4 Å². The number of aliphatic hydroxyl groups excluding tert-OH is 1. The van der Waals surface area contributed by atoms with Gasteiger partial charge in [-0.2, -0.15) is 0 Å². The molecule has 0 amide bonds. The van der Waals surface area contributed by atoms with Gasteiger partial charge in [0, 0.05) is 24.3 Å². The molecule has 2 heterocycles. The van der Waals surface area contributed by atoms with Gasteiger partial charge in [-0.15, -0.1) is 0 Å². The van der Waals surface area contributed by atoms with Gasteiger partial charge in [-0.3, -0.25) is 4.79 Å². The Hall–Kier alpha value is -0.900. The Labute approximate surface area is 181 Å². The number of phenols is 1. The first-order valence-corrected chi connectivity index (χ1v) is 10.1. The van der Waals surface area contributed by atoms with Crippen molar-refractivity contribution in [3.63, 3.8) is 0 Å². The predicted octanol–water partition coefficient (Wildman–Crippen LogP) is -1.84. The summed E-state index contributed by atoms with van der Waals surface area (Å²) in [6.45, 7) is 1.75. The lowest BCUT2D eigenvalue weighted by atomic mass is 9.48. The second kappa shape index (κ2) is 5.62. The number of carbonyl (C=O) groups excluding carboxylic acids is 1. The number of aliphatic hydroxyl groups is 2. The number of phenolic OH excluding ortho intramolecular Hbond substituents is 1. The molecule has 6 nitrogen and oxygen atoms in total. The molecule has 3 fully saturated rings. The van der Waals surface area contributed by atoms with Gasteiger partial charge in [-0.1, -0.05) is 6.07 Å². The molecule has 1 aromatic rings. The fraction of sp³-hybridized carbons (Fsp3) is 0.667. The summed E-state index contributed by atoms with van der Waals surface area (Å²) < 4.78 is 6.66. The molecule has 0 radical (unpaired) electrons. The van der Waals surface area contributed by atoms with E-state index >= 15 is 0 Å². The molecule has 2 aliphatic heterocycles. The highest BCUT2D eigenvalue weighted by molar-refractivity contribution is 5.90. The number of halogens is 1. The lowest BCUT2D eigenvalue weighted by Crippen LogP contribution is -3.00. The summed E-state index contributed by atoms with van der Waals surface area (Å²) in [5.74, 6) is 0.938. The maximum Gasteiger partial charge on any atom is 0.174 e. The highest BCUT2D eigenvalue weighted by Gasteiger charge is 2.78. The summed E-state index contributed by atoms with van der Waals surface area (Å²) in [5, 5.41) is 34.0. The first kappa shape index (κ1) is 19.1. The molecule has 1 saturated heterocycles. The summed E-state index contributed by atoms with van der Waals surface area (Å²) in [6.07, 6.45) is 2.08. The second-order valence-corrected chi connectivity index (χ2v) is 9.71. The van der Waals surface area contributed by atoms with E-state index in [1.807, 2.05) is 0 Å². The van der Waals surface area contributed by atoms with Crippen molar-refractivity contribution in [3.8, 4) is 11.5 Å². The number of ketones is 1. The van der Waals surface area contributed by atoms with Crippen LogP contribution in [0.15, 0.2) is 12.1 Å². The third kappa shape index (κ3) is 1.97. The Kier molecular flexibility index (Phi) is 3.83. The van der Waals surface area contributed by atoms with Crippen LogP contribution in [0.5, 0.6) is 11.5 Å². The van der Waals surface area contributed by atoms with Gasteiger partial charge < -0.3 is 48.5 Å². The Morgan fingerprint density at radius 2 is 2.04 bits per heavy atom. The summed E-state index contributed by atoms with van der Waals surface area (Å²) in [5.41, 5.74) is -0.658. The van der Waals surface area contributed by atoms with Crippen LogP contribution in [0.3, 0.4) is 0 Å². The number of hydrogen-bond acceptors (Lipinski definition) is 5. The number of Topliss-reactive ketones (excluding diaryl/α,β-unsaturated/α-hetero) is 1. The minimum Gasteiger partial charge on any atom is -1.00 e. The van der Waals surface area contributed by atoms with Gasteiger partial charge in [0.25, 0.3) is 0 Å². The van der Waals surface area contributed by atoms with Crippen LogP contribution in [0.2, 0.25) is 0 Å². The quantitative estimate of drug-likeness (QED) is 0.329. The first-order valence-electron chi connectivity index (χ1n) is 10.1. The molecule has 152 valence electrons. The van der Waals surface area contributed by atoms with E-state index in [1.54, 1.807) is 12.1 Å². The van der Waals surface area contributed by atoms with Crippen LogP contribution in [0.25, 0.3) is 0 Å². The van der Waals surface area contributed by atoms with Crippen molar-refractivity contribution < 1.29 is 53.3 Å². The number of piperidine rings is 1. The summed E-state index contributed by atoms with van der Waals surface area (Å²) in [7, 11) is 2.16. The molecule has 1 spiro atoms. The summed E-state index contributed by atoms with van der Waals surface area (Å²) in [4.78, 5) is 12.8. The molecule has 3 N–H and O–H groups in total. The van der Waals surface area contributed by atoms with Gasteiger partial charge in [0.2, 0.25) is 0 Å². The second-order valence-electron chi connectivity index (χ2n) is 9.71. The number of aromatic hydroxyl groups is 1. The monoisotopic (exact) mass is 499 g/mol. The maximum atomic E-state index is 12.8. The third-order valence-corrected chi connectivity index (χ3v) is 8.28. The van der Waals surface area contributed by atoms with E-state index in [4.69, 9.17) is 4.74 Å². The van der Waals surface area contributed by atoms with Crippen molar-refractivity contribution >= 4 is 5.78 Å². The minimum absolute atomic E-state index is 0. The molecule has 0 aromatic heterocycles. The first-order chi connectivity index (χ1) is 12.8. The Bertz CT molecular complexity index is 888. The van der Waals surface area contributed by atoms with Gasteiger partial charge in [0.1, 0.15) is 17.7 Å². The highest BCUT2D eigenvalue weighted by Crippen LogP contribution is 2.67. The molecule has 3 aliphatic carbocycles. The van der Waals surface area contributed by atoms with Crippen LogP contribution in [-0.4, -0.2) is 63.5 Å². The van der Waals surface area contributed by atoms with Crippen molar-refractivity contribution in [2.24, 2.45) is 5.92 Å². The number of quaternary nitrogens is 1. The van der Waals surface area contributed by atoms with Gasteiger partial charge in [-0.05, 0) is 30.9 Å². The molecule has 5 aliphatic rings. The average Bonchev–Trinajstić information content (AvgIpc) is 3.34. The molecule has 6 rings (SSSR count). The lowest BCUT2D eigenvalue weighted by molar-refractivity contribution is -0.955.